The molecule has 0 saturated carbocycles. The normalized spacial score (nSPS) is 15.2. The Hall–Kier alpha value is -2.80. The van der Waals surface area contributed by atoms with Crippen LogP contribution in [0, 0.1) is 25.5 Å². The van der Waals surface area contributed by atoms with Crippen LogP contribution in [0.2, 0.25) is 0 Å². The van der Waals surface area contributed by atoms with E-state index in [-0.39, 0.29) is 0 Å². The van der Waals surface area contributed by atoms with Crippen LogP contribution in [0.15, 0.2) is 42.6 Å². The van der Waals surface area contributed by atoms with Crippen molar-refractivity contribution >= 4 is 5.69 Å². The fourth-order valence-electron chi connectivity index (χ4n) is 3.82. The van der Waals surface area contributed by atoms with E-state index < -0.39 is 11.6 Å². The monoisotopic (exact) mass is 383 g/mol. The highest BCUT2D eigenvalue weighted by Gasteiger charge is 2.23. The summed E-state index contributed by atoms with van der Waals surface area (Å²) >= 11 is 0. The minimum Gasteiger partial charge on any atom is -0.366 e. The Morgan fingerprint density at radius 2 is 1.75 bits per heavy atom. The Morgan fingerprint density at radius 3 is 2.43 bits per heavy atom. The molecule has 1 fully saturated rings. The number of benzene rings is 1. The number of rotatable bonds is 4. The van der Waals surface area contributed by atoms with Crippen LogP contribution < -0.4 is 4.90 Å². The highest BCUT2D eigenvalue weighted by molar-refractivity contribution is 5.56. The van der Waals surface area contributed by atoms with Crippen molar-refractivity contribution in [2.24, 2.45) is 0 Å². The van der Waals surface area contributed by atoms with E-state index in [1.54, 1.807) is 12.3 Å². The van der Waals surface area contributed by atoms with Crippen LogP contribution in [0.1, 0.15) is 17.0 Å². The lowest BCUT2D eigenvalue weighted by atomic mass is 10.1. The molecule has 1 aliphatic rings. The number of halogens is 2. The van der Waals surface area contributed by atoms with Crippen molar-refractivity contribution in [3.8, 4) is 5.82 Å². The van der Waals surface area contributed by atoms with Crippen molar-refractivity contribution in [1.29, 1.82) is 0 Å². The molecule has 3 aromatic rings. The summed E-state index contributed by atoms with van der Waals surface area (Å²) in [6.07, 6.45) is 1.77. The number of hydrogen-bond acceptors (Lipinski definition) is 4. The molecule has 1 saturated heterocycles. The van der Waals surface area contributed by atoms with Crippen LogP contribution in [0.25, 0.3) is 5.82 Å². The van der Waals surface area contributed by atoms with Gasteiger partial charge in [0.25, 0.3) is 0 Å². The quantitative estimate of drug-likeness (QED) is 0.691. The predicted molar refractivity (Wildman–Crippen MR) is 105 cm³/mol. The van der Waals surface area contributed by atoms with Crippen LogP contribution in [0.3, 0.4) is 0 Å². The smallest absolute Gasteiger partial charge is 0.159 e. The van der Waals surface area contributed by atoms with Crippen LogP contribution in [-0.4, -0.2) is 45.8 Å². The summed E-state index contributed by atoms with van der Waals surface area (Å²) in [4.78, 5) is 9.00. The van der Waals surface area contributed by atoms with E-state index in [1.165, 1.54) is 12.1 Å². The van der Waals surface area contributed by atoms with Gasteiger partial charge in [0.05, 0.1) is 17.1 Å². The van der Waals surface area contributed by atoms with Crippen LogP contribution in [0.4, 0.5) is 14.5 Å². The van der Waals surface area contributed by atoms with E-state index in [2.05, 4.69) is 26.8 Å². The first-order valence-electron chi connectivity index (χ1n) is 9.42. The summed E-state index contributed by atoms with van der Waals surface area (Å²) in [6, 6.07) is 9.92. The lowest BCUT2D eigenvalue weighted by molar-refractivity contribution is 0.249. The Labute approximate surface area is 163 Å². The minimum atomic E-state index is -0.801. The number of aromatic nitrogens is 3. The summed E-state index contributed by atoms with van der Waals surface area (Å²) in [7, 11) is 0. The molecule has 7 heteroatoms. The highest BCUT2D eigenvalue weighted by Crippen LogP contribution is 2.27. The number of nitrogens with zero attached hydrogens (tertiary/aromatic N) is 5. The summed E-state index contributed by atoms with van der Waals surface area (Å²) in [6.45, 7) is 8.14. The molecule has 0 bridgehead atoms. The zero-order chi connectivity index (χ0) is 19.7. The third-order valence-electron chi connectivity index (χ3n) is 5.20. The summed E-state index contributed by atoms with van der Waals surface area (Å²) in [5, 5.41) is 4.68. The standard InChI is InChI=1S/C21H23F2N5/c1-15-21(16(2)28(25-15)20-5-3-4-8-24-20)27-11-9-26(10-12-27)14-17-6-7-18(22)19(23)13-17/h3-8,13H,9-12,14H2,1-2H3. The first-order valence-corrected chi connectivity index (χ1v) is 9.42. The summed E-state index contributed by atoms with van der Waals surface area (Å²) < 4.78 is 28.4. The van der Waals surface area contributed by atoms with Gasteiger partial charge < -0.3 is 4.90 Å². The average Bonchev–Trinajstić information content (AvgIpc) is 3.00. The van der Waals surface area contributed by atoms with Gasteiger partial charge in [0.2, 0.25) is 0 Å². The van der Waals surface area contributed by atoms with Crippen molar-refractivity contribution < 1.29 is 8.78 Å². The second kappa shape index (κ2) is 7.67. The molecule has 0 aliphatic carbocycles. The molecule has 2 aromatic heterocycles. The Kier molecular flexibility index (Phi) is 5.09. The first-order chi connectivity index (χ1) is 13.5. The Bertz CT molecular complexity index is 962. The van der Waals surface area contributed by atoms with Gasteiger partial charge in [0, 0.05) is 38.9 Å². The molecular formula is C21H23F2N5. The molecular weight excluding hydrogens is 360 g/mol. The van der Waals surface area contributed by atoms with Crippen molar-refractivity contribution in [3.05, 3.63) is 71.2 Å². The van der Waals surface area contributed by atoms with Gasteiger partial charge in [-0.05, 0) is 43.7 Å². The maximum atomic E-state index is 13.4. The van der Waals surface area contributed by atoms with Crippen LogP contribution in [-0.2, 0) is 6.54 Å². The number of pyridine rings is 1. The minimum absolute atomic E-state index is 0.621. The van der Waals surface area contributed by atoms with E-state index in [0.29, 0.717) is 6.54 Å². The third-order valence-corrected chi connectivity index (χ3v) is 5.20. The number of anilines is 1. The second-order valence-corrected chi connectivity index (χ2v) is 7.13. The van der Waals surface area contributed by atoms with E-state index in [9.17, 15) is 8.78 Å². The second-order valence-electron chi connectivity index (χ2n) is 7.13. The zero-order valence-corrected chi connectivity index (χ0v) is 16.1. The van der Waals surface area contributed by atoms with E-state index in [1.807, 2.05) is 29.8 Å². The molecule has 1 aliphatic heterocycles. The SMILES string of the molecule is Cc1nn(-c2ccccn2)c(C)c1N1CCN(Cc2ccc(F)c(F)c2)CC1. The third kappa shape index (κ3) is 3.62. The Morgan fingerprint density at radius 1 is 0.964 bits per heavy atom. The first kappa shape index (κ1) is 18.6. The van der Waals surface area contributed by atoms with Gasteiger partial charge in [-0.25, -0.2) is 18.4 Å². The fourth-order valence-corrected chi connectivity index (χ4v) is 3.82. The number of hydrogen-bond donors (Lipinski definition) is 0. The Balaban J connectivity index is 1.45. The lowest BCUT2D eigenvalue weighted by Crippen LogP contribution is -2.46. The van der Waals surface area contributed by atoms with Crippen LogP contribution >= 0.6 is 0 Å². The molecule has 0 unspecified atom stereocenters. The molecule has 0 radical (unpaired) electrons. The van der Waals surface area contributed by atoms with Gasteiger partial charge in [0.1, 0.15) is 0 Å². The summed E-state index contributed by atoms with van der Waals surface area (Å²) in [5.41, 5.74) is 4.00. The van der Waals surface area contributed by atoms with E-state index >= 15 is 0 Å². The highest BCUT2D eigenvalue weighted by atomic mass is 19.2. The van der Waals surface area contributed by atoms with Gasteiger partial charge in [-0.3, -0.25) is 4.90 Å². The lowest BCUT2D eigenvalue weighted by Gasteiger charge is -2.36. The molecule has 28 heavy (non-hydrogen) atoms. The van der Waals surface area contributed by atoms with E-state index in [0.717, 1.165) is 54.6 Å². The molecule has 3 heterocycles. The molecule has 4 rings (SSSR count). The molecule has 1 aromatic carbocycles. The summed E-state index contributed by atoms with van der Waals surface area (Å²) in [5.74, 6) is -0.778. The maximum absolute atomic E-state index is 13.4. The fraction of sp³-hybridized carbons (Fsp3) is 0.333. The number of piperazine rings is 1. The molecule has 146 valence electrons. The molecule has 0 spiro atoms. The average molecular weight is 383 g/mol. The zero-order valence-electron chi connectivity index (χ0n) is 16.1. The number of aryl methyl sites for hydroxylation is 1. The van der Waals surface area contributed by atoms with Gasteiger partial charge in [-0.1, -0.05) is 12.1 Å². The van der Waals surface area contributed by atoms with Gasteiger partial charge in [-0.2, -0.15) is 5.10 Å². The van der Waals surface area contributed by atoms with Gasteiger partial charge in [0.15, 0.2) is 17.5 Å². The molecule has 5 nitrogen and oxygen atoms in total. The van der Waals surface area contributed by atoms with Gasteiger partial charge in [-0.15, -0.1) is 0 Å². The topological polar surface area (TPSA) is 37.2 Å². The predicted octanol–water partition coefficient (Wildman–Crippen LogP) is 3.48. The van der Waals surface area contributed by atoms with Crippen molar-refractivity contribution in [1.82, 2.24) is 19.7 Å². The molecule has 0 N–H and O–H groups in total. The van der Waals surface area contributed by atoms with Crippen molar-refractivity contribution in [2.75, 3.05) is 31.1 Å². The van der Waals surface area contributed by atoms with Crippen molar-refractivity contribution in [3.63, 3.8) is 0 Å². The van der Waals surface area contributed by atoms with Crippen LogP contribution in [0.5, 0.6) is 0 Å². The molecule has 0 atom stereocenters. The van der Waals surface area contributed by atoms with Gasteiger partial charge >= 0.3 is 0 Å². The largest absolute Gasteiger partial charge is 0.366 e. The van der Waals surface area contributed by atoms with E-state index in [4.69, 9.17) is 0 Å². The molecule has 0 amide bonds. The maximum Gasteiger partial charge on any atom is 0.159 e. The van der Waals surface area contributed by atoms with Crippen molar-refractivity contribution in [2.45, 2.75) is 20.4 Å².